The van der Waals surface area contributed by atoms with Gasteiger partial charge >= 0.3 is 12.0 Å². The van der Waals surface area contributed by atoms with Crippen molar-refractivity contribution in [2.75, 3.05) is 6.54 Å². The number of rotatable bonds is 3. The Balaban J connectivity index is 2.49. The minimum atomic E-state index is -0.821. The first kappa shape index (κ1) is 11.8. The van der Waals surface area contributed by atoms with E-state index in [0.29, 0.717) is 13.0 Å². The molecule has 1 fully saturated rings. The van der Waals surface area contributed by atoms with Crippen molar-refractivity contribution in [2.45, 2.75) is 45.2 Å². The zero-order valence-corrected chi connectivity index (χ0v) is 9.41. The molecule has 0 aliphatic carbocycles. The van der Waals surface area contributed by atoms with E-state index in [4.69, 9.17) is 5.11 Å². The molecule has 0 aromatic rings. The normalized spacial score (nSPS) is 21.7. The molecule has 0 radical (unpaired) electrons. The standard InChI is InChI=1S/C10H18N2O3/c1-10(2,3)12-6-7(11-9(12)15)4-5-8(13)14/h7H,4-6H2,1-3H3,(H,11,15)(H,13,14). The number of aliphatic carboxylic acids is 1. The molecule has 1 aliphatic heterocycles. The van der Waals surface area contributed by atoms with Crippen molar-refractivity contribution in [1.29, 1.82) is 0 Å². The first-order valence-electron chi connectivity index (χ1n) is 5.10. The molecule has 1 unspecified atom stereocenters. The lowest BCUT2D eigenvalue weighted by atomic mass is 10.1. The molecule has 0 aromatic heterocycles. The lowest BCUT2D eigenvalue weighted by Crippen LogP contribution is -2.43. The summed E-state index contributed by atoms with van der Waals surface area (Å²) in [6, 6.07) is -0.134. The van der Waals surface area contributed by atoms with Gasteiger partial charge in [-0.3, -0.25) is 4.79 Å². The van der Waals surface area contributed by atoms with Crippen molar-refractivity contribution in [3.8, 4) is 0 Å². The van der Waals surface area contributed by atoms with Crippen LogP contribution >= 0.6 is 0 Å². The Bertz CT molecular complexity index is 270. The van der Waals surface area contributed by atoms with E-state index >= 15 is 0 Å². The quantitative estimate of drug-likeness (QED) is 0.737. The van der Waals surface area contributed by atoms with Crippen LogP contribution in [0.5, 0.6) is 0 Å². The minimum Gasteiger partial charge on any atom is -0.481 e. The Morgan fingerprint density at radius 3 is 2.60 bits per heavy atom. The summed E-state index contributed by atoms with van der Waals surface area (Å²) in [7, 11) is 0. The molecule has 2 N–H and O–H groups in total. The van der Waals surface area contributed by atoms with E-state index in [1.54, 1.807) is 4.90 Å². The summed E-state index contributed by atoms with van der Waals surface area (Å²) in [6.45, 7) is 6.49. The zero-order chi connectivity index (χ0) is 11.6. The molecular formula is C10H18N2O3. The summed E-state index contributed by atoms with van der Waals surface area (Å²) in [4.78, 5) is 23.7. The molecule has 0 spiro atoms. The van der Waals surface area contributed by atoms with E-state index in [9.17, 15) is 9.59 Å². The number of nitrogens with one attached hydrogen (secondary N) is 1. The Morgan fingerprint density at radius 2 is 2.20 bits per heavy atom. The molecule has 1 aliphatic rings. The number of carboxylic acid groups (broad SMARTS) is 1. The lowest BCUT2D eigenvalue weighted by molar-refractivity contribution is -0.137. The van der Waals surface area contributed by atoms with E-state index < -0.39 is 5.97 Å². The molecule has 1 saturated heterocycles. The maximum Gasteiger partial charge on any atom is 0.318 e. The van der Waals surface area contributed by atoms with Crippen LogP contribution in [0, 0.1) is 0 Å². The summed E-state index contributed by atoms with van der Waals surface area (Å²) in [5, 5.41) is 11.3. The highest BCUT2D eigenvalue weighted by Crippen LogP contribution is 2.19. The van der Waals surface area contributed by atoms with Gasteiger partial charge in [-0.2, -0.15) is 0 Å². The summed E-state index contributed by atoms with van der Waals surface area (Å²) in [6.07, 6.45) is 0.594. The Morgan fingerprint density at radius 1 is 1.60 bits per heavy atom. The van der Waals surface area contributed by atoms with E-state index in [1.165, 1.54) is 0 Å². The molecule has 0 aromatic carbocycles. The predicted molar refractivity (Wildman–Crippen MR) is 55.6 cm³/mol. The summed E-state index contributed by atoms with van der Waals surface area (Å²) >= 11 is 0. The fourth-order valence-corrected chi connectivity index (χ4v) is 1.64. The highest BCUT2D eigenvalue weighted by molar-refractivity contribution is 5.77. The molecule has 1 atom stereocenters. The zero-order valence-electron chi connectivity index (χ0n) is 9.41. The fraction of sp³-hybridized carbons (Fsp3) is 0.800. The second kappa shape index (κ2) is 4.08. The van der Waals surface area contributed by atoms with Crippen LogP contribution in [-0.4, -0.2) is 40.1 Å². The van der Waals surface area contributed by atoms with Gasteiger partial charge in [0.1, 0.15) is 0 Å². The summed E-state index contributed by atoms with van der Waals surface area (Å²) in [5.74, 6) is -0.821. The SMILES string of the molecule is CC(C)(C)N1CC(CCC(=O)O)NC1=O. The average Bonchev–Trinajstić information content (AvgIpc) is 2.42. The van der Waals surface area contributed by atoms with Crippen LogP contribution in [0.2, 0.25) is 0 Å². The number of nitrogens with zero attached hydrogens (tertiary/aromatic N) is 1. The van der Waals surface area contributed by atoms with E-state index in [2.05, 4.69) is 5.32 Å². The van der Waals surface area contributed by atoms with Crippen LogP contribution in [0.3, 0.4) is 0 Å². The molecular weight excluding hydrogens is 196 g/mol. The molecule has 0 saturated carbocycles. The Hall–Kier alpha value is -1.26. The van der Waals surface area contributed by atoms with Crippen molar-refractivity contribution in [3.63, 3.8) is 0 Å². The summed E-state index contributed by atoms with van der Waals surface area (Å²) < 4.78 is 0. The van der Waals surface area contributed by atoms with Crippen LogP contribution in [0.4, 0.5) is 4.79 Å². The second-order valence-corrected chi connectivity index (χ2v) is 4.86. The number of amides is 2. The molecule has 1 rings (SSSR count). The number of hydrogen-bond acceptors (Lipinski definition) is 2. The number of hydrogen-bond donors (Lipinski definition) is 2. The van der Waals surface area contributed by atoms with Crippen molar-refractivity contribution in [1.82, 2.24) is 10.2 Å². The number of carbonyl (C=O) groups is 2. The highest BCUT2D eigenvalue weighted by Gasteiger charge is 2.35. The first-order valence-corrected chi connectivity index (χ1v) is 5.10. The van der Waals surface area contributed by atoms with Crippen LogP contribution in [0.25, 0.3) is 0 Å². The van der Waals surface area contributed by atoms with Crippen molar-refractivity contribution in [3.05, 3.63) is 0 Å². The van der Waals surface area contributed by atoms with Gasteiger partial charge in [0.2, 0.25) is 0 Å². The smallest absolute Gasteiger partial charge is 0.318 e. The van der Waals surface area contributed by atoms with Gasteiger partial charge in [0.25, 0.3) is 0 Å². The topological polar surface area (TPSA) is 69.6 Å². The molecule has 5 heteroatoms. The first-order chi connectivity index (χ1) is 6.80. The maximum atomic E-state index is 11.5. The van der Waals surface area contributed by atoms with E-state index in [1.807, 2.05) is 20.8 Å². The Kier molecular flexibility index (Phi) is 3.21. The maximum absolute atomic E-state index is 11.5. The van der Waals surface area contributed by atoms with Crippen molar-refractivity contribution < 1.29 is 14.7 Å². The predicted octanol–water partition coefficient (Wildman–Crippen LogP) is 1.04. The molecule has 86 valence electrons. The van der Waals surface area contributed by atoms with Crippen LogP contribution in [0.15, 0.2) is 0 Å². The largest absolute Gasteiger partial charge is 0.481 e. The Labute approximate surface area is 89.4 Å². The summed E-state index contributed by atoms with van der Waals surface area (Å²) in [5.41, 5.74) is -0.206. The van der Waals surface area contributed by atoms with Gasteiger partial charge in [0.05, 0.1) is 0 Å². The lowest BCUT2D eigenvalue weighted by Gasteiger charge is -2.30. The van der Waals surface area contributed by atoms with Crippen LogP contribution in [-0.2, 0) is 4.79 Å². The molecule has 2 amide bonds. The molecule has 5 nitrogen and oxygen atoms in total. The third-order valence-electron chi connectivity index (χ3n) is 2.49. The number of urea groups is 1. The number of carboxylic acids is 1. The van der Waals surface area contributed by atoms with Crippen molar-refractivity contribution >= 4 is 12.0 Å². The minimum absolute atomic E-state index is 0.0344. The monoisotopic (exact) mass is 214 g/mol. The van der Waals surface area contributed by atoms with E-state index in [-0.39, 0.29) is 24.0 Å². The number of carbonyl (C=O) groups excluding carboxylic acids is 1. The van der Waals surface area contributed by atoms with Gasteiger partial charge in [0.15, 0.2) is 0 Å². The third-order valence-corrected chi connectivity index (χ3v) is 2.49. The molecule has 15 heavy (non-hydrogen) atoms. The van der Waals surface area contributed by atoms with Gasteiger partial charge in [0, 0.05) is 24.5 Å². The van der Waals surface area contributed by atoms with Crippen LogP contribution < -0.4 is 5.32 Å². The van der Waals surface area contributed by atoms with E-state index in [0.717, 1.165) is 0 Å². The second-order valence-electron chi connectivity index (χ2n) is 4.86. The third kappa shape index (κ3) is 3.11. The highest BCUT2D eigenvalue weighted by atomic mass is 16.4. The average molecular weight is 214 g/mol. The van der Waals surface area contributed by atoms with Gasteiger partial charge in [-0.05, 0) is 27.2 Å². The van der Waals surface area contributed by atoms with Gasteiger partial charge in [-0.25, -0.2) is 4.79 Å². The fourth-order valence-electron chi connectivity index (χ4n) is 1.64. The molecule has 0 bridgehead atoms. The van der Waals surface area contributed by atoms with Crippen molar-refractivity contribution in [2.24, 2.45) is 0 Å². The van der Waals surface area contributed by atoms with Gasteiger partial charge in [-0.15, -0.1) is 0 Å². The van der Waals surface area contributed by atoms with Crippen LogP contribution in [0.1, 0.15) is 33.6 Å². The van der Waals surface area contributed by atoms with Gasteiger partial charge in [-0.1, -0.05) is 0 Å². The molecule has 1 heterocycles. The van der Waals surface area contributed by atoms with Gasteiger partial charge < -0.3 is 15.3 Å².